The molecule has 0 saturated heterocycles. The second-order valence-electron chi connectivity index (χ2n) is 9.32. The van der Waals surface area contributed by atoms with Gasteiger partial charge in [-0.3, -0.25) is 0 Å². The van der Waals surface area contributed by atoms with E-state index >= 15 is 0 Å². The molecule has 0 radical (unpaired) electrons. The maximum Gasteiger partial charge on any atom is 0.145 e. The highest BCUT2D eigenvalue weighted by molar-refractivity contribution is 6.31. The van der Waals surface area contributed by atoms with Gasteiger partial charge in [0.1, 0.15) is 22.5 Å². The fraction of sp³-hybridized carbons (Fsp3) is 0.379. The van der Waals surface area contributed by atoms with E-state index in [1.54, 1.807) is 6.07 Å². The molecule has 0 bridgehead atoms. The van der Waals surface area contributed by atoms with Crippen LogP contribution >= 0.6 is 11.6 Å². The van der Waals surface area contributed by atoms with Crippen molar-refractivity contribution in [1.29, 1.82) is 0 Å². The third kappa shape index (κ3) is 5.81. The lowest BCUT2D eigenvalue weighted by molar-refractivity contribution is 0.310. The smallest absolute Gasteiger partial charge is 0.145 e. The molecule has 1 fully saturated rings. The van der Waals surface area contributed by atoms with Crippen molar-refractivity contribution >= 4 is 11.6 Å². The molecule has 174 valence electrons. The van der Waals surface area contributed by atoms with E-state index in [1.807, 2.05) is 6.07 Å². The average molecular weight is 471 g/mol. The van der Waals surface area contributed by atoms with Crippen LogP contribution in [0, 0.1) is 23.4 Å². The van der Waals surface area contributed by atoms with E-state index in [1.165, 1.54) is 49.3 Å². The first-order valence-corrected chi connectivity index (χ1v) is 12.3. The van der Waals surface area contributed by atoms with Crippen LogP contribution in [0.4, 0.5) is 13.2 Å². The highest BCUT2D eigenvalue weighted by Gasteiger charge is 2.22. The number of benzene rings is 3. The fourth-order valence-corrected chi connectivity index (χ4v) is 5.17. The van der Waals surface area contributed by atoms with Gasteiger partial charge in [0.2, 0.25) is 0 Å². The van der Waals surface area contributed by atoms with Gasteiger partial charge in [0.25, 0.3) is 0 Å². The van der Waals surface area contributed by atoms with E-state index in [4.69, 9.17) is 11.6 Å². The molecule has 1 saturated carbocycles. The van der Waals surface area contributed by atoms with Gasteiger partial charge in [-0.15, -0.1) is 0 Å². The van der Waals surface area contributed by atoms with Crippen LogP contribution in [0.1, 0.15) is 68.1 Å². The maximum absolute atomic E-state index is 14.7. The van der Waals surface area contributed by atoms with Gasteiger partial charge in [0.05, 0.1) is 0 Å². The van der Waals surface area contributed by atoms with Crippen LogP contribution in [-0.4, -0.2) is 0 Å². The van der Waals surface area contributed by atoms with Gasteiger partial charge in [-0.25, -0.2) is 13.2 Å². The van der Waals surface area contributed by atoms with Crippen LogP contribution in [0.15, 0.2) is 54.6 Å². The van der Waals surface area contributed by atoms with Gasteiger partial charge in [-0.2, -0.15) is 0 Å². The lowest BCUT2D eigenvalue weighted by atomic mass is 9.76. The summed E-state index contributed by atoms with van der Waals surface area (Å²) in [6, 6.07) is 16.2. The average Bonchev–Trinajstić information content (AvgIpc) is 2.82. The molecule has 4 heteroatoms. The van der Waals surface area contributed by atoms with Crippen molar-refractivity contribution in [1.82, 2.24) is 0 Å². The zero-order valence-electron chi connectivity index (χ0n) is 19.0. The van der Waals surface area contributed by atoms with Crippen molar-refractivity contribution in [3.8, 4) is 11.1 Å². The SMILES string of the molecule is CCCc1ccc(C2CCC(CCc3ccc(-c4cc(F)c(Cl)c(F)c4)c(F)c3)CC2)cc1. The fourth-order valence-electron chi connectivity index (χ4n) is 5.06. The summed E-state index contributed by atoms with van der Waals surface area (Å²) in [4.78, 5) is 0. The molecule has 0 aliphatic heterocycles. The van der Waals surface area contributed by atoms with Crippen LogP contribution in [0.3, 0.4) is 0 Å². The summed E-state index contributed by atoms with van der Waals surface area (Å²) < 4.78 is 42.2. The van der Waals surface area contributed by atoms with Gasteiger partial charge in [0, 0.05) is 5.56 Å². The summed E-state index contributed by atoms with van der Waals surface area (Å²) in [5, 5.41) is -0.570. The van der Waals surface area contributed by atoms with E-state index in [9.17, 15) is 13.2 Å². The number of rotatable bonds is 7. The summed E-state index contributed by atoms with van der Waals surface area (Å²) in [5.41, 5.74) is 4.12. The van der Waals surface area contributed by atoms with Gasteiger partial charge >= 0.3 is 0 Å². The molecule has 0 spiro atoms. The minimum atomic E-state index is -0.886. The Balaban J connectivity index is 1.31. The molecule has 1 aliphatic rings. The Morgan fingerprint density at radius 2 is 1.39 bits per heavy atom. The topological polar surface area (TPSA) is 0 Å². The van der Waals surface area contributed by atoms with Crippen molar-refractivity contribution < 1.29 is 13.2 Å². The van der Waals surface area contributed by atoms with E-state index in [0.717, 1.165) is 37.0 Å². The monoisotopic (exact) mass is 470 g/mol. The predicted molar refractivity (Wildman–Crippen MR) is 130 cm³/mol. The van der Waals surface area contributed by atoms with Gasteiger partial charge in [-0.1, -0.05) is 61.3 Å². The molecule has 33 heavy (non-hydrogen) atoms. The van der Waals surface area contributed by atoms with E-state index in [0.29, 0.717) is 11.8 Å². The standard InChI is InChI=1S/C29H30ClF3/c1-2-3-19-6-11-22(12-7-19)23-13-8-20(9-14-23)4-5-21-10-15-25(26(31)16-21)24-17-27(32)29(30)28(33)18-24/h6-7,10-12,15-18,20,23H,2-5,8-9,13-14H2,1H3. The van der Waals surface area contributed by atoms with Crippen molar-refractivity contribution in [2.24, 2.45) is 5.92 Å². The quantitative estimate of drug-likeness (QED) is 0.302. The minimum absolute atomic E-state index is 0.152. The number of aryl methyl sites for hydroxylation is 2. The van der Waals surface area contributed by atoms with Crippen LogP contribution in [0.2, 0.25) is 5.02 Å². The summed E-state index contributed by atoms with van der Waals surface area (Å²) >= 11 is 5.53. The first kappa shape index (κ1) is 23.9. The zero-order valence-corrected chi connectivity index (χ0v) is 19.8. The molecule has 3 aromatic rings. The molecule has 3 aromatic carbocycles. The molecule has 1 aliphatic carbocycles. The number of halogens is 4. The first-order valence-electron chi connectivity index (χ1n) is 12.0. The van der Waals surface area contributed by atoms with Crippen LogP contribution in [0.25, 0.3) is 11.1 Å². The van der Waals surface area contributed by atoms with E-state index < -0.39 is 22.5 Å². The van der Waals surface area contributed by atoms with Gasteiger partial charge < -0.3 is 0 Å². The van der Waals surface area contributed by atoms with Crippen LogP contribution in [0.5, 0.6) is 0 Å². The summed E-state index contributed by atoms with van der Waals surface area (Å²) in [6.07, 6.45) is 8.97. The highest BCUT2D eigenvalue weighted by atomic mass is 35.5. The molecule has 4 rings (SSSR count). The zero-order chi connectivity index (χ0) is 23.4. The number of hydrogen-bond donors (Lipinski definition) is 0. The van der Waals surface area contributed by atoms with Crippen molar-refractivity contribution in [2.45, 2.75) is 64.2 Å². The van der Waals surface area contributed by atoms with Crippen LogP contribution in [-0.2, 0) is 12.8 Å². The summed E-state index contributed by atoms with van der Waals surface area (Å²) in [6.45, 7) is 2.21. The molecular weight excluding hydrogens is 441 g/mol. The Hall–Kier alpha value is -2.26. The van der Waals surface area contributed by atoms with E-state index in [2.05, 4.69) is 31.2 Å². The normalized spacial score (nSPS) is 18.5. The lowest BCUT2D eigenvalue weighted by Gasteiger charge is -2.29. The predicted octanol–water partition coefficient (Wildman–Crippen LogP) is 9.28. The van der Waals surface area contributed by atoms with Crippen LogP contribution < -0.4 is 0 Å². The molecular formula is C29H30ClF3. The Kier molecular flexibility index (Phi) is 7.80. The van der Waals surface area contributed by atoms with Crippen molar-refractivity contribution in [3.05, 3.63) is 93.8 Å². The highest BCUT2D eigenvalue weighted by Crippen LogP contribution is 2.38. The summed E-state index contributed by atoms with van der Waals surface area (Å²) in [7, 11) is 0. The van der Waals surface area contributed by atoms with Gasteiger partial charge in [-0.05, 0) is 97.2 Å². The third-order valence-corrected chi connectivity index (χ3v) is 7.37. The molecule has 0 N–H and O–H groups in total. The molecule has 0 atom stereocenters. The Morgan fingerprint density at radius 1 is 0.758 bits per heavy atom. The Morgan fingerprint density at radius 3 is 2.00 bits per heavy atom. The molecule has 0 nitrogen and oxygen atoms in total. The Bertz CT molecular complexity index is 1060. The molecule has 0 heterocycles. The van der Waals surface area contributed by atoms with Crippen molar-refractivity contribution in [3.63, 3.8) is 0 Å². The lowest BCUT2D eigenvalue weighted by Crippen LogP contribution is -2.14. The summed E-state index contributed by atoms with van der Waals surface area (Å²) in [5.74, 6) is -0.939. The molecule has 0 amide bonds. The molecule has 0 unspecified atom stereocenters. The molecule has 0 aromatic heterocycles. The largest absolute Gasteiger partial charge is 0.206 e. The third-order valence-electron chi connectivity index (χ3n) is 7.01. The first-order chi connectivity index (χ1) is 15.9. The second-order valence-corrected chi connectivity index (χ2v) is 9.69. The number of hydrogen-bond acceptors (Lipinski definition) is 0. The Labute approximate surface area is 199 Å². The maximum atomic E-state index is 14.7. The minimum Gasteiger partial charge on any atom is -0.206 e. The van der Waals surface area contributed by atoms with Gasteiger partial charge in [0.15, 0.2) is 0 Å². The van der Waals surface area contributed by atoms with E-state index in [-0.39, 0.29) is 11.1 Å². The van der Waals surface area contributed by atoms with Crippen molar-refractivity contribution in [2.75, 3.05) is 0 Å². The second kappa shape index (κ2) is 10.8.